The minimum absolute atomic E-state index is 0.0844. The average Bonchev–Trinajstić information content (AvgIpc) is 2.68. The third kappa shape index (κ3) is 2.74. The second-order valence-electron chi connectivity index (χ2n) is 4.21. The quantitative estimate of drug-likeness (QED) is 0.912. The number of aromatic nitrogens is 1. The summed E-state index contributed by atoms with van der Waals surface area (Å²) < 4.78 is 0. The van der Waals surface area contributed by atoms with E-state index in [2.05, 4.69) is 30.2 Å². The molecule has 4 heteroatoms. The maximum absolute atomic E-state index is 6.29. The first kappa shape index (κ1) is 13.5. The van der Waals surface area contributed by atoms with Crippen LogP contribution in [-0.4, -0.2) is 11.5 Å². The van der Waals surface area contributed by atoms with Gasteiger partial charge in [-0.15, -0.1) is 11.3 Å². The molecule has 18 heavy (non-hydrogen) atoms. The maximum atomic E-state index is 6.29. The fraction of sp³-hybridized carbons (Fsp3) is 0.357. The van der Waals surface area contributed by atoms with Gasteiger partial charge in [0.1, 0.15) is 5.01 Å². The van der Waals surface area contributed by atoms with Crippen LogP contribution in [-0.2, 0) is 0 Å². The zero-order valence-corrected chi connectivity index (χ0v) is 12.4. The molecule has 1 unspecified atom stereocenters. The van der Waals surface area contributed by atoms with E-state index in [1.54, 1.807) is 11.3 Å². The summed E-state index contributed by atoms with van der Waals surface area (Å²) >= 11 is 8.02. The molecule has 1 heterocycles. The normalized spacial score (nSPS) is 12.7. The molecule has 1 aromatic carbocycles. The highest BCUT2D eigenvalue weighted by Crippen LogP contribution is 2.31. The Balaban J connectivity index is 2.43. The molecule has 96 valence electrons. The second-order valence-corrected chi connectivity index (χ2v) is 5.85. The molecule has 1 atom stereocenters. The van der Waals surface area contributed by atoms with E-state index in [1.807, 2.05) is 25.1 Å². The Morgan fingerprint density at radius 1 is 1.33 bits per heavy atom. The van der Waals surface area contributed by atoms with Crippen molar-refractivity contribution in [2.45, 2.75) is 26.8 Å². The van der Waals surface area contributed by atoms with E-state index in [4.69, 9.17) is 11.6 Å². The second kappa shape index (κ2) is 5.83. The Hall–Kier alpha value is -0.900. The standard InChI is InChI=1S/C14H17ClN2S/c1-4-16-13(11-7-5-6-8-12(11)15)14-17-9(2)10(3)18-14/h5-8,13,16H,4H2,1-3H3. The highest BCUT2D eigenvalue weighted by Gasteiger charge is 2.19. The summed E-state index contributed by atoms with van der Waals surface area (Å²) in [4.78, 5) is 5.91. The molecule has 0 radical (unpaired) electrons. The molecule has 0 aliphatic rings. The van der Waals surface area contributed by atoms with Gasteiger partial charge in [-0.25, -0.2) is 4.98 Å². The number of hydrogen-bond acceptors (Lipinski definition) is 3. The van der Waals surface area contributed by atoms with Crippen molar-refractivity contribution in [1.82, 2.24) is 10.3 Å². The number of rotatable bonds is 4. The van der Waals surface area contributed by atoms with Gasteiger partial charge in [0.2, 0.25) is 0 Å². The van der Waals surface area contributed by atoms with E-state index in [1.165, 1.54) is 4.88 Å². The van der Waals surface area contributed by atoms with Crippen molar-refractivity contribution in [3.05, 3.63) is 50.4 Å². The number of nitrogens with one attached hydrogen (secondary N) is 1. The average molecular weight is 281 g/mol. The van der Waals surface area contributed by atoms with Crippen molar-refractivity contribution in [2.75, 3.05) is 6.54 Å². The molecule has 0 bridgehead atoms. The Kier molecular flexibility index (Phi) is 4.38. The Bertz CT molecular complexity index is 517. The van der Waals surface area contributed by atoms with Crippen LogP contribution in [0.2, 0.25) is 5.02 Å². The van der Waals surface area contributed by atoms with Crippen LogP contribution in [0.5, 0.6) is 0 Å². The molecule has 1 aromatic heterocycles. The zero-order chi connectivity index (χ0) is 13.1. The van der Waals surface area contributed by atoms with Crippen molar-refractivity contribution in [2.24, 2.45) is 0 Å². The third-order valence-electron chi connectivity index (χ3n) is 2.92. The molecular formula is C14H17ClN2S. The topological polar surface area (TPSA) is 24.9 Å². The first-order valence-electron chi connectivity index (χ1n) is 6.05. The lowest BCUT2D eigenvalue weighted by Crippen LogP contribution is -2.22. The van der Waals surface area contributed by atoms with Gasteiger partial charge >= 0.3 is 0 Å². The van der Waals surface area contributed by atoms with Gasteiger partial charge in [0.15, 0.2) is 0 Å². The minimum Gasteiger partial charge on any atom is -0.304 e. The van der Waals surface area contributed by atoms with Crippen LogP contribution in [0.25, 0.3) is 0 Å². The van der Waals surface area contributed by atoms with Crippen LogP contribution >= 0.6 is 22.9 Å². The monoisotopic (exact) mass is 280 g/mol. The smallest absolute Gasteiger partial charge is 0.115 e. The van der Waals surface area contributed by atoms with Crippen molar-refractivity contribution < 1.29 is 0 Å². The molecule has 0 aliphatic carbocycles. The first-order valence-corrected chi connectivity index (χ1v) is 7.24. The Morgan fingerprint density at radius 2 is 2.06 bits per heavy atom. The summed E-state index contributed by atoms with van der Waals surface area (Å²) in [5.74, 6) is 0. The van der Waals surface area contributed by atoms with E-state index < -0.39 is 0 Å². The summed E-state index contributed by atoms with van der Waals surface area (Å²) in [6.07, 6.45) is 0. The number of benzene rings is 1. The van der Waals surface area contributed by atoms with Gasteiger partial charge in [0.25, 0.3) is 0 Å². The molecule has 2 rings (SSSR count). The number of aryl methyl sites for hydroxylation is 2. The zero-order valence-electron chi connectivity index (χ0n) is 10.8. The van der Waals surface area contributed by atoms with E-state index in [0.717, 1.165) is 27.8 Å². The van der Waals surface area contributed by atoms with Crippen LogP contribution in [0.4, 0.5) is 0 Å². The van der Waals surface area contributed by atoms with Gasteiger partial charge in [-0.2, -0.15) is 0 Å². The highest BCUT2D eigenvalue weighted by atomic mass is 35.5. The van der Waals surface area contributed by atoms with Gasteiger partial charge in [-0.05, 0) is 32.0 Å². The number of nitrogens with zero attached hydrogens (tertiary/aromatic N) is 1. The molecule has 0 fully saturated rings. The molecule has 0 saturated heterocycles. The largest absolute Gasteiger partial charge is 0.304 e. The maximum Gasteiger partial charge on any atom is 0.115 e. The van der Waals surface area contributed by atoms with E-state index in [-0.39, 0.29) is 6.04 Å². The van der Waals surface area contributed by atoms with E-state index >= 15 is 0 Å². The summed E-state index contributed by atoms with van der Waals surface area (Å²) in [6, 6.07) is 8.03. The van der Waals surface area contributed by atoms with Crippen LogP contribution in [0, 0.1) is 13.8 Å². The predicted octanol–water partition coefficient (Wildman–Crippen LogP) is 4.11. The molecule has 1 N–H and O–H groups in total. The molecular weight excluding hydrogens is 264 g/mol. The molecule has 2 aromatic rings. The predicted molar refractivity (Wildman–Crippen MR) is 78.6 cm³/mol. The van der Waals surface area contributed by atoms with Gasteiger partial charge in [0.05, 0.1) is 11.7 Å². The van der Waals surface area contributed by atoms with E-state index in [9.17, 15) is 0 Å². The van der Waals surface area contributed by atoms with Crippen molar-refractivity contribution in [3.63, 3.8) is 0 Å². The minimum atomic E-state index is 0.0844. The molecule has 0 spiro atoms. The lowest BCUT2D eigenvalue weighted by Gasteiger charge is -2.17. The Morgan fingerprint density at radius 3 is 2.61 bits per heavy atom. The fourth-order valence-electron chi connectivity index (χ4n) is 1.86. The van der Waals surface area contributed by atoms with Crippen molar-refractivity contribution in [1.29, 1.82) is 0 Å². The molecule has 0 amide bonds. The molecule has 2 nitrogen and oxygen atoms in total. The number of thiazole rings is 1. The summed E-state index contributed by atoms with van der Waals surface area (Å²) in [5.41, 5.74) is 2.19. The lowest BCUT2D eigenvalue weighted by atomic mass is 10.1. The molecule has 0 aliphatic heterocycles. The number of hydrogen-bond donors (Lipinski definition) is 1. The van der Waals surface area contributed by atoms with Crippen LogP contribution < -0.4 is 5.32 Å². The van der Waals surface area contributed by atoms with E-state index in [0.29, 0.717) is 0 Å². The summed E-state index contributed by atoms with van der Waals surface area (Å²) in [7, 11) is 0. The van der Waals surface area contributed by atoms with Gasteiger partial charge < -0.3 is 5.32 Å². The Labute approximate surface area is 117 Å². The molecule has 0 saturated carbocycles. The summed E-state index contributed by atoms with van der Waals surface area (Å²) in [5, 5.41) is 5.33. The van der Waals surface area contributed by atoms with Crippen LogP contribution in [0.15, 0.2) is 24.3 Å². The van der Waals surface area contributed by atoms with Crippen molar-refractivity contribution >= 4 is 22.9 Å². The lowest BCUT2D eigenvalue weighted by molar-refractivity contribution is 0.626. The van der Waals surface area contributed by atoms with Gasteiger partial charge in [-0.3, -0.25) is 0 Å². The summed E-state index contributed by atoms with van der Waals surface area (Å²) in [6.45, 7) is 7.13. The number of halogens is 1. The van der Waals surface area contributed by atoms with Crippen LogP contribution in [0.1, 0.15) is 34.1 Å². The fourth-order valence-corrected chi connectivity index (χ4v) is 3.13. The first-order chi connectivity index (χ1) is 8.63. The SMILES string of the molecule is CCNC(c1nc(C)c(C)s1)c1ccccc1Cl. The van der Waals surface area contributed by atoms with Crippen molar-refractivity contribution in [3.8, 4) is 0 Å². The highest BCUT2D eigenvalue weighted by molar-refractivity contribution is 7.11. The van der Waals surface area contributed by atoms with Crippen LogP contribution in [0.3, 0.4) is 0 Å². The van der Waals surface area contributed by atoms with Gasteiger partial charge in [-0.1, -0.05) is 36.7 Å². The van der Waals surface area contributed by atoms with Gasteiger partial charge in [0, 0.05) is 9.90 Å². The third-order valence-corrected chi connectivity index (χ3v) is 4.40.